The molecule has 0 aliphatic heterocycles. The van der Waals surface area contributed by atoms with Gasteiger partial charge in [0.25, 0.3) is 5.91 Å². The van der Waals surface area contributed by atoms with Crippen LogP contribution in [0.4, 0.5) is 0 Å². The number of ether oxygens (including phenoxy) is 1. The third kappa shape index (κ3) is 8.34. The molecule has 2 atom stereocenters. The fraction of sp³-hybridized carbons (Fsp3) is 0.360. The van der Waals surface area contributed by atoms with Crippen LogP contribution in [0.1, 0.15) is 54.9 Å². The van der Waals surface area contributed by atoms with Crippen LogP contribution < -0.4 is 5.32 Å². The molecule has 2 N–H and O–H groups in total. The van der Waals surface area contributed by atoms with Crippen molar-refractivity contribution in [1.29, 1.82) is 0 Å². The largest absolute Gasteiger partial charge is 0.479 e. The number of hydrogen-bond acceptors (Lipinski definition) is 5. The van der Waals surface area contributed by atoms with Gasteiger partial charge < -0.3 is 15.2 Å². The first-order valence-electron chi connectivity index (χ1n) is 10.8. The van der Waals surface area contributed by atoms with Crippen molar-refractivity contribution in [2.75, 3.05) is 0 Å². The predicted molar refractivity (Wildman–Crippen MR) is 119 cm³/mol. The van der Waals surface area contributed by atoms with Crippen molar-refractivity contribution in [3.8, 4) is 0 Å². The molecule has 1 unspecified atom stereocenters. The van der Waals surface area contributed by atoms with Crippen LogP contribution in [0.2, 0.25) is 0 Å². The highest BCUT2D eigenvalue weighted by atomic mass is 16.6. The minimum atomic E-state index is -1.21. The molecule has 0 radical (unpaired) electrons. The molecule has 0 saturated carbocycles. The van der Waals surface area contributed by atoms with Crippen molar-refractivity contribution in [2.24, 2.45) is 0 Å². The maximum absolute atomic E-state index is 12.9. The third-order valence-electron chi connectivity index (χ3n) is 4.96. The number of ketones is 1. The lowest BCUT2D eigenvalue weighted by atomic mass is 9.99. The second-order valence-electron chi connectivity index (χ2n) is 7.51. The Balaban J connectivity index is 2.01. The van der Waals surface area contributed by atoms with E-state index in [4.69, 9.17) is 4.74 Å². The number of carboxylic acid groups (broad SMARTS) is 1. The van der Waals surface area contributed by atoms with Gasteiger partial charge in [0.15, 0.2) is 11.9 Å². The van der Waals surface area contributed by atoms with Gasteiger partial charge in [0, 0.05) is 12.0 Å². The van der Waals surface area contributed by atoms with Gasteiger partial charge in [-0.3, -0.25) is 14.4 Å². The molecule has 2 aromatic rings. The highest BCUT2D eigenvalue weighted by Crippen LogP contribution is 2.11. The van der Waals surface area contributed by atoms with Crippen LogP contribution in [-0.4, -0.2) is 40.9 Å². The highest BCUT2D eigenvalue weighted by molar-refractivity contribution is 5.98. The molecule has 32 heavy (non-hydrogen) atoms. The van der Waals surface area contributed by atoms with Gasteiger partial charge in [-0.1, -0.05) is 61.9 Å². The Bertz CT molecular complexity index is 897. The SMILES string of the molecule is CCCCC(OC(=O)CCC(=O)[C@H](Cc1ccccc1)NC(=O)c1ccccc1)C(=O)O. The van der Waals surface area contributed by atoms with Crippen molar-refractivity contribution in [1.82, 2.24) is 5.32 Å². The Hall–Kier alpha value is -3.48. The number of aliphatic carboxylic acids is 1. The maximum Gasteiger partial charge on any atom is 0.345 e. The lowest BCUT2D eigenvalue weighted by Crippen LogP contribution is -2.42. The molecule has 170 valence electrons. The summed E-state index contributed by atoms with van der Waals surface area (Å²) in [4.78, 5) is 48.8. The second kappa shape index (κ2) is 13.0. The number of nitrogens with one attached hydrogen (secondary N) is 1. The summed E-state index contributed by atoms with van der Waals surface area (Å²) in [6, 6.07) is 17.0. The highest BCUT2D eigenvalue weighted by Gasteiger charge is 2.25. The van der Waals surface area contributed by atoms with Crippen LogP contribution >= 0.6 is 0 Å². The van der Waals surface area contributed by atoms with Crippen molar-refractivity contribution >= 4 is 23.6 Å². The van der Waals surface area contributed by atoms with E-state index in [1.807, 2.05) is 37.3 Å². The Labute approximate surface area is 187 Å². The fourth-order valence-corrected chi connectivity index (χ4v) is 3.17. The van der Waals surface area contributed by atoms with Gasteiger partial charge in [-0.2, -0.15) is 0 Å². The quantitative estimate of drug-likeness (QED) is 0.462. The summed E-state index contributed by atoms with van der Waals surface area (Å²) in [6.07, 6.45) is 0.287. The minimum Gasteiger partial charge on any atom is -0.479 e. The van der Waals surface area contributed by atoms with Gasteiger partial charge in [-0.25, -0.2) is 4.79 Å². The Morgan fingerprint density at radius 1 is 0.938 bits per heavy atom. The van der Waals surface area contributed by atoms with Crippen molar-refractivity contribution in [3.63, 3.8) is 0 Å². The first-order valence-corrected chi connectivity index (χ1v) is 10.8. The minimum absolute atomic E-state index is 0.161. The topological polar surface area (TPSA) is 110 Å². The van der Waals surface area contributed by atoms with Gasteiger partial charge in [0.2, 0.25) is 0 Å². The smallest absolute Gasteiger partial charge is 0.345 e. The zero-order chi connectivity index (χ0) is 23.3. The Kier molecular flexibility index (Phi) is 10.1. The number of Topliss-reactive ketones (excluding diaryl/α,β-unsaturated/α-hetero) is 1. The molecule has 0 aliphatic rings. The summed E-state index contributed by atoms with van der Waals surface area (Å²) in [5.41, 5.74) is 1.30. The molecule has 0 spiro atoms. The van der Waals surface area contributed by atoms with E-state index in [1.54, 1.807) is 30.3 Å². The molecule has 0 fully saturated rings. The number of carboxylic acids is 1. The molecule has 0 aliphatic carbocycles. The molecule has 0 heterocycles. The van der Waals surface area contributed by atoms with E-state index < -0.39 is 24.1 Å². The van der Waals surface area contributed by atoms with Crippen molar-refractivity contribution in [3.05, 3.63) is 71.8 Å². The lowest BCUT2D eigenvalue weighted by molar-refractivity contribution is -0.164. The van der Waals surface area contributed by atoms with E-state index in [1.165, 1.54) is 0 Å². The van der Waals surface area contributed by atoms with Crippen LogP contribution in [0, 0.1) is 0 Å². The van der Waals surface area contributed by atoms with Crippen molar-refractivity contribution < 1.29 is 29.0 Å². The van der Waals surface area contributed by atoms with Gasteiger partial charge in [0.1, 0.15) is 0 Å². The monoisotopic (exact) mass is 439 g/mol. The van der Waals surface area contributed by atoms with E-state index in [0.717, 1.165) is 12.0 Å². The van der Waals surface area contributed by atoms with E-state index in [2.05, 4.69) is 5.32 Å². The number of carbonyl (C=O) groups excluding carboxylic acids is 3. The van der Waals surface area contributed by atoms with Gasteiger partial charge in [-0.15, -0.1) is 0 Å². The fourth-order valence-electron chi connectivity index (χ4n) is 3.17. The number of hydrogen-bond donors (Lipinski definition) is 2. The van der Waals surface area contributed by atoms with Gasteiger partial charge in [0.05, 0.1) is 12.5 Å². The number of amides is 1. The van der Waals surface area contributed by atoms with Crippen LogP contribution in [0.15, 0.2) is 60.7 Å². The number of unbranched alkanes of at least 4 members (excludes halogenated alkanes) is 1. The van der Waals surface area contributed by atoms with E-state index in [9.17, 15) is 24.3 Å². The predicted octanol–water partition coefficient (Wildman–Crippen LogP) is 3.56. The lowest BCUT2D eigenvalue weighted by Gasteiger charge is -2.18. The first-order chi connectivity index (χ1) is 15.4. The molecule has 2 aromatic carbocycles. The summed E-state index contributed by atoms with van der Waals surface area (Å²) in [6.45, 7) is 1.91. The standard InChI is InChI=1S/C25H29NO6/c1-2-3-14-22(25(30)31)32-23(28)16-15-21(27)20(17-18-10-6-4-7-11-18)26-24(29)19-12-8-5-9-13-19/h4-13,20,22H,2-3,14-17H2,1H3,(H,26,29)(H,30,31)/t20-,22?/m0/s1. The zero-order valence-electron chi connectivity index (χ0n) is 18.2. The van der Waals surface area contributed by atoms with E-state index in [-0.39, 0.29) is 37.4 Å². The Morgan fingerprint density at radius 2 is 1.56 bits per heavy atom. The molecule has 1 amide bonds. The molecule has 0 bridgehead atoms. The first kappa shape index (κ1) is 24.8. The third-order valence-corrected chi connectivity index (χ3v) is 4.96. The van der Waals surface area contributed by atoms with Crippen LogP contribution in [0.25, 0.3) is 0 Å². The summed E-state index contributed by atoms with van der Waals surface area (Å²) < 4.78 is 5.03. The second-order valence-corrected chi connectivity index (χ2v) is 7.51. The number of rotatable bonds is 13. The maximum atomic E-state index is 12.9. The molecule has 2 rings (SSSR count). The summed E-state index contributed by atoms with van der Waals surface area (Å²) in [5, 5.41) is 12.0. The van der Waals surface area contributed by atoms with Crippen LogP contribution in [-0.2, 0) is 25.5 Å². The van der Waals surface area contributed by atoms with Crippen molar-refractivity contribution in [2.45, 2.75) is 57.6 Å². The zero-order valence-corrected chi connectivity index (χ0v) is 18.2. The molecule has 7 heteroatoms. The number of esters is 1. The van der Waals surface area contributed by atoms with E-state index in [0.29, 0.717) is 12.0 Å². The summed E-state index contributed by atoms with van der Waals surface area (Å²) in [7, 11) is 0. The van der Waals surface area contributed by atoms with Crippen LogP contribution in [0.5, 0.6) is 0 Å². The molecule has 0 aromatic heterocycles. The van der Waals surface area contributed by atoms with Gasteiger partial charge in [-0.05, 0) is 37.0 Å². The molecular weight excluding hydrogens is 410 g/mol. The molecular formula is C25H29NO6. The normalized spacial score (nSPS) is 12.4. The number of carbonyl (C=O) groups is 4. The Morgan fingerprint density at radius 3 is 2.16 bits per heavy atom. The summed E-state index contributed by atoms with van der Waals surface area (Å²) >= 11 is 0. The van der Waals surface area contributed by atoms with E-state index >= 15 is 0 Å². The number of benzene rings is 2. The molecule has 7 nitrogen and oxygen atoms in total. The summed E-state index contributed by atoms with van der Waals surface area (Å²) in [5.74, 6) is -2.65. The van der Waals surface area contributed by atoms with Gasteiger partial charge >= 0.3 is 11.9 Å². The average Bonchev–Trinajstić information content (AvgIpc) is 2.80. The van der Waals surface area contributed by atoms with Crippen LogP contribution in [0.3, 0.4) is 0 Å². The molecule has 0 saturated heterocycles. The average molecular weight is 440 g/mol.